The molecule has 0 aromatic heterocycles. The molecule has 2 rings (SSSR count). The van der Waals surface area contributed by atoms with Gasteiger partial charge in [-0.3, -0.25) is 12.2 Å². The van der Waals surface area contributed by atoms with Gasteiger partial charge in [-0.15, -0.1) is 24.4 Å². The number of alkyl halides is 1. The largest absolute Gasteiger partial charge is 2.00 e. The molecule has 0 N–H and O–H groups in total. The smallest absolute Gasteiger partial charge is 0.273 e. The van der Waals surface area contributed by atoms with E-state index in [1.807, 2.05) is 31.2 Å². The second kappa shape index (κ2) is 15.3. The van der Waals surface area contributed by atoms with Crippen LogP contribution < -0.4 is 0 Å². The number of hydrogen-bond acceptors (Lipinski definition) is 0. The van der Waals surface area contributed by atoms with Gasteiger partial charge >= 0.3 is 18.6 Å². The Hall–Kier alpha value is -0.166. The van der Waals surface area contributed by atoms with E-state index >= 15 is 0 Å². The van der Waals surface area contributed by atoms with Crippen LogP contribution in [-0.2, 0) is 18.6 Å². The van der Waals surface area contributed by atoms with Crippen LogP contribution >= 0.6 is 11.6 Å². The molecule has 2 heteroatoms. The molecule has 0 spiro atoms. The van der Waals surface area contributed by atoms with E-state index in [1.54, 1.807) is 0 Å². The van der Waals surface area contributed by atoms with Crippen LogP contribution in [0.15, 0.2) is 36.5 Å². The van der Waals surface area contributed by atoms with Crippen LogP contribution in [0.5, 0.6) is 0 Å². The monoisotopic (exact) mass is 245 g/mol. The average Bonchev–Trinajstić information content (AvgIpc) is 2.85. The van der Waals surface area contributed by atoms with Gasteiger partial charge in [-0.2, -0.15) is 12.2 Å². The van der Waals surface area contributed by atoms with E-state index in [0.717, 1.165) is 18.7 Å². The van der Waals surface area contributed by atoms with Gasteiger partial charge in [-0.1, -0.05) is 6.92 Å². The molecule has 0 atom stereocenters. The Morgan fingerprint density at radius 3 is 1.50 bits per heavy atom. The summed E-state index contributed by atoms with van der Waals surface area (Å²) in [6.07, 6.45) is 20.0. The molecule has 75 valence electrons. The maximum absolute atomic E-state index is 5.00. The Bertz CT molecular complexity index is 160. The van der Waals surface area contributed by atoms with E-state index in [2.05, 4.69) is 24.3 Å². The third-order valence-corrected chi connectivity index (χ3v) is 1.17. The zero-order chi connectivity index (χ0) is 9.78. The molecule has 2 aliphatic rings. The van der Waals surface area contributed by atoms with Crippen LogP contribution in [0.1, 0.15) is 19.8 Å². The van der Waals surface area contributed by atoms with E-state index in [0.29, 0.717) is 0 Å². The molecule has 0 nitrogen and oxygen atoms in total. The molecular formula is C12H15ClV. The molecule has 0 aliphatic heterocycles. The summed E-state index contributed by atoms with van der Waals surface area (Å²) in [6.45, 7) is 1.89. The second-order valence-corrected chi connectivity index (χ2v) is 2.81. The predicted octanol–water partition coefficient (Wildman–Crippen LogP) is 3.85. The second-order valence-electron chi connectivity index (χ2n) is 2.27. The summed E-state index contributed by atoms with van der Waals surface area (Å²) in [7, 11) is 0. The normalized spacial score (nSPS) is 13.9. The van der Waals surface area contributed by atoms with E-state index in [-0.39, 0.29) is 18.6 Å². The fourth-order valence-electron chi connectivity index (χ4n) is 0.680. The van der Waals surface area contributed by atoms with Gasteiger partial charge < -0.3 is 0 Å². The van der Waals surface area contributed by atoms with Crippen LogP contribution in [0.3, 0.4) is 0 Å². The molecule has 0 fully saturated rings. The first-order valence-electron chi connectivity index (χ1n) is 4.41. The van der Waals surface area contributed by atoms with Gasteiger partial charge in [0, 0.05) is 5.88 Å². The molecule has 0 amide bonds. The summed E-state index contributed by atoms with van der Waals surface area (Å²) < 4.78 is 0. The van der Waals surface area contributed by atoms with Crippen molar-refractivity contribution in [1.29, 1.82) is 0 Å². The number of allylic oxidation sites excluding steroid dienone is 8. The van der Waals surface area contributed by atoms with Gasteiger partial charge in [0.05, 0.1) is 0 Å². The van der Waals surface area contributed by atoms with Gasteiger partial charge in [0.2, 0.25) is 0 Å². The number of rotatable bonds is 0. The first kappa shape index (κ1) is 16.3. The van der Waals surface area contributed by atoms with Crippen molar-refractivity contribution in [2.45, 2.75) is 19.8 Å². The minimum atomic E-state index is 0. The maximum Gasteiger partial charge on any atom is 2.00 e. The van der Waals surface area contributed by atoms with Crippen LogP contribution in [0.2, 0.25) is 0 Å². The summed E-state index contributed by atoms with van der Waals surface area (Å²) in [5.41, 5.74) is 0. The van der Waals surface area contributed by atoms with E-state index in [9.17, 15) is 0 Å². The summed E-state index contributed by atoms with van der Waals surface area (Å²) >= 11 is 5.00. The van der Waals surface area contributed by atoms with Crippen molar-refractivity contribution >= 4 is 11.6 Å². The van der Waals surface area contributed by atoms with Crippen molar-refractivity contribution in [3.63, 3.8) is 0 Å². The molecule has 0 aromatic rings. The van der Waals surface area contributed by atoms with Gasteiger partial charge in [-0.25, -0.2) is 24.3 Å². The average molecular weight is 246 g/mol. The van der Waals surface area contributed by atoms with Gasteiger partial charge in [0.1, 0.15) is 0 Å². The Morgan fingerprint density at radius 1 is 1.07 bits per heavy atom. The summed E-state index contributed by atoms with van der Waals surface area (Å²) in [4.78, 5) is 0. The molecule has 0 saturated heterocycles. The van der Waals surface area contributed by atoms with Crippen LogP contribution in [0.4, 0.5) is 0 Å². The predicted molar refractivity (Wildman–Crippen MR) is 59.5 cm³/mol. The fraction of sp³-hybridized carbons (Fsp3) is 0.333. The first-order chi connectivity index (χ1) is 6.41. The fourth-order valence-corrected chi connectivity index (χ4v) is 0.680. The molecule has 1 radical (unpaired) electrons. The van der Waals surface area contributed by atoms with E-state index in [4.69, 9.17) is 11.6 Å². The van der Waals surface area contributed by atoms with E-state index < -0.39 is 0 Å². The Morgan fingerprint density at radius 2 is 1.43 bits per heavy atom. The van der Waals surface area contributed by atoms with Crippen LogP contribution in [0.25, 0.3) is 0 Å². The van der Waals surface area contributed by atoms with Crippen molar-refractivity contribution in [2.24, 2.45) is 0 Å². The zero-order valence-corrected chi connectivity index (χ0v) is 10.6. The van der Waals surface area contributed by atoms with Crippen LogP contribution in [0, 0.1) is 12.2 Å². The zero-order valence-electron chi connectivity index (χ0n) is 8.41. The molecule has 0 saturated carbocycles. The number of halogens is 1. The van der Waals surface area contributed by atoms with Gasteiger partial charge in [0.15, 0.2) is 0 Å². The minimum Gasteiger partial charge on any atom is -0.273 e. The molecule has 0 heterocycles. The number of hydrogen-bond donors (Lipinski definition) is 0. The van der Waals surface area contributed by atoms with E-state index in [1.165, 1.54) is 0 Å². The first-order valence-corrected chi connectivity index (χ1v) is 4.94. The van der Waals surface area contributed by atoms with Crippen molar-refractivity contribution in [2.75, 3.05) is 5.88 Å². The SMILES string of the molecule is CCCl.[C-]1=CC=CC1.[C-]1=CC=CC1.[V+2]. The standard InChI is InChI=1S/2C5H5.C2H5Cl.V/c2*1-2-4-5-3-1;1-2-3;/h2*1-3H,4H2;2H2,1H3;/q2*-1;;+2. The Kier molecular flexibility index (Phi) is 17.8. The summed E-state index contributed by atoms with van der Waals surface area (Å²) in [5, 5.41) is 0. The topological polar surface area (TPSA) is 0 Å². The minimum absolute atomic E-state index is 0. The molecule has 0 bridgehead atoms. The third kappa shape index (κ3) is 14.4. The Balaban J connectivity index is 0. The molecular weight excluding hydrogens is 231 g/mol. The van der Waals surface area contributed by atoms with Crippen molar-refractivity contribution < 1.29 is 18.6 Å². The van der Waals surface area contributed by atoms with Crippen molar-refractivity contribution in [1.82, 2.24) is 0 Å². The van der Waals surface area contributed by atoms with Crippen molar-refractivity contribution in [3.05, 3.63) is 48.6 Å². The molecule has 2 aliphatic carbocycles. The van der Waals surface area contributed by atoms with Gasteiger partial charge in [0.25, 0.3) is 0 Å². The molecule has 0 unspecified atom stereocenters. The third-order valence-electron chi connectivity index (χ3n) is 1.17. The molecule has 0 aromatic carbocycles. The quantitative estimate of drug-likeness (QED) is 0.449. The van der Waals surface area contributed by atoms with Crippen molar-refractivity contribution in [3.8, 4) is 0 Å². The Labute approximate surface area is 104 Å². The molecule has 14 heavy (non-hydrogen) atoms. The summed E-state index contributed by atoms with van der Waals surface area (Å²) in [6, 6.07) is 0. The van der Waals surface area contributed by atoms with Crippen LogP contribution in [-0.4, -0.2) is 5.88 Å². The van der Waals surface area contributed by atoms with Gasteiger partial charge in [-0.05, 0) is 0 Å². The maximum atomic E-state index is 5.00. The summed E-state index contributed by atoms with van der Waals surface area (Å²) in [5.74, 6) is 0.722.